The molecule has 0 heterocycles. The fourth-order valence-electron chi connectivity index (χ4n) is 2.15. The minimum atomic E-state index is -0.0871. The van der Waals surface area contributed by atoms with Gasteiger partial charge in [-0.15, -0.1) is 0 Å². The zero-order valence-electron chi connectivity index (χ0n) is 8.52. The summed E-state index contributed by atoms with van der Waals surface area (Å²) in [5, 5.41) is 0.800. The molecule has 1 aliphatic carbocycles. The van der Waals surface area contributed by atoms with Gasteiger partial charge in [0.25, 0.3) is 0 Å². The molecule has 1 nitrogen and oxygen atoms in total. The van der Waals surface area contributed by atoms with Gasteiger partial charge < -0.3 is 5.73 Å². The molecule has 1 aromatic carbocycles. The van der Waals surface area contributed by atoms with Crippen LogP contribution in [-0.2, 0) is 12.0 Å². The summed E-state index contributed by atoms with van der Waals surface area (Å²) in [7, 11) is 0. The standard InChI is InChI=1S/C12H16ClN/c1-2-9-4-5-10(13)8-11(9)12(14)6-3-7-12/h4-5,8H,2-3,6-7,14H2,1H3. The number of nitrogens with two attached hydrogens (primary N) is 1. The Labute approximate surface area is 90.3 Å². The molecule has 0 aromatic heterocycles. The molecule has 1 aliphatic rings. The molecule has 0 spiro atoms. The third-order valence-electron chi connectivity index (χ3n) is 3.24. The molecule has 1 aromatic rings. The second kappa shape index (κ2) is 3.56. The van der Waals surface area contributed by atoms with Gasteiger partial charge in [-0.1, -0.05) is 24.6 Å². The second-order valence-corrected chi connectivity index (χ2v) is 4.60. The van der Waals surface area contributed by atoms with Gasteiger partial charge in [-0.2, -0.15) is 0 Å². The Balaban J connectivity index is 2.43. The number of hydrogen-bond acceptors (Lipinski definition) is 1. The van der Waals surface area contributed by atoms with Crippen molar-refractivity contribution in [3.05, 3.63) is 34.3 Å². The van der Waals surface area contributed by atoms with E-state index in [1.54, 1.807) is 0 Å². The number of hydrogen-bond donors (Lipinski definition) is 1. The third-order valence-corrected chi connectivity index (χ3v) is 3.47. The topological polar surface area (TPSA) is 26.0 Å². The number of halogens is 1. The van der Waals surface area contributed by atoms with Crippen LogP contribution < -0.4 is 5.73 Å². The first-order valence-corrected chi connectivity index (χ1v) is 5.61. The summed E-state index contributed by atoms with van der Waals surface area (Å²) in [5.41, 5.74) is 8.83. The zero-order chi connectivity index (χ0) is 10.2. The van der Waals surface area contributed by atoms with Gasteiger partial charge in [0.15, 0.2) is 0 Å². The molecule has 1 fully saturated rings. The molecule has 0 aliphatic heterocycles. The van der Waals surface area contributed by atoms with Crippen molar-refractivity contribution in [3.63, 3.8) is 0 Å². The van der Waals surface area contributed by atoms with E-state index in [1.165, 1.54) is 17.5 Å². The van der Waals surface area contributed by atoms with Gasteiger partial charge in [-0.25, -0.2) is 0 Å². The molecule has 2 heteroatoms. The van der Waals surface area contributed by atoms with Crippen molar-refractivity contribution in [2.45, 2.75) is 38.1 Å². The normalized spacial score (nSPS) is 19.1. The van der Waals surface area contributed by atoms with E-state index in [1.807, 2.05) is 12.1 Å². The molecule has 0 radical (unpaired) electrons. The van der Waals surface area contributed by atoms with E-state index >= 15 is 0 Å². The number of rotatable bonds is 2. The van der Waals surface area contributed by atoms with E-state index in [0.29, 0.717) is 0 Å². The highest BCUT2D eigenvalue weighted by molar-refractivity contribution is 6.30. The van der Waals surface area contributed by atoms with Crippen molar-refractivity contribution in [3.8, 4) is 0 Å². The first kappa shape index (κ1) is 10.0. The molecule has 76 valence electrons. The van der Waals surface area contributed by atoms with Crippen molar-refractivity contribution in [1.29, 1.82) is 0 Å². The maximum absolute atomic E-state index is 6.31. The van der Waals surface area contributed by atoms with Crippen LogP contribution in [0, 0.1) is 0 Å². The molecule has 0 atom stereocenters. The molecular weight excluding hydrogens is 194 g/mol. The Bertz CT molecular complexity index is 342. The number of benzene rings is 1. The van der Waals surface area contributed by atoms with Crippen molar-refractivity contribution in [1.82, 2.24) is 0 Å². The lowest BCUT2D eigenvalue weighted by Gasteiger charge is -2.40. The van der Waals surface area contributed by atoms with Crippen LogP contribution in [0.3, 0.4) is 0 Å². The summed E-state index contributed by atoms with van der Waals surface area (Å²) in [6.45, 7) is 2.16. The van der Waals surface area contributed by atoms with Gasteiger partial charge in [0.2, 0.25) is 0 Å². The molecule has 0 saturated heterocycles. The highest BCUT2D eigenvalue weighted by Gasteiger charge is 2.35. The summed E-state index contributed by atoms with van der Waals surface area (Å²) >= 11 is 6.01. The van der Waals surface area contributed by atoms with Crippen LogP contribution in [0.1, 0.15) is 37.3 Å². The molecule has 2 rings (SSSR count). The van der Waals surface area contributed by atoms with E-state index in [2.05, 4.69) is 13.0 Å². The highest BCUT2D eigenvalue weighted by Crippen LogP contribution is 2.41. The van der Waals surface area contributed by atoms with Gasteiger partial charge >= 0.3 is 0 Å². The van der Waals surface area contributed by atoms with E-state index < -0.39 is 0 Å². The van der Waals surface area contributed by atoms with Gasteiger partial charge in [0.05, 0.1) is 0 Å². The van der Waals surface area contributed by atoms with E-state index in [9.17, 15) is 0 Å². The van der Waals surface area contributed by atoms with Crippen LogP contribution in [0.5, 0.6) is 0 Å². The summed E-state index contributed by atoms with van der Waals surface area (Å²) in [4.78, 5) is 0. The SMILES string of the molecule is CCc1ccc(Cl)cc1C1(N)CCC1. The minimum absolute atomic E-state index is 0.0871. The summed E-state index contributed by atoms with van der Waals surface area (Å²) < 4.78 is 0. The van der Waals surface area contributed by atoms with Crippen LogP contribution in [0.25, 0.3) is 0 Å². The first-order valence-electron chi connectivity index (χ1n) is 5.23. The number of aryl methyl sites for hydroxylation is 1. The first-order chi connectivity index (χ1) is 6.65. The molecule has 0 bridgehead atoms. The third kappa shape index (κ3) is 1.55. The highest BCUT2D eigenvalue weighted by atomic mass is 35.5. The van der Waals surface area contributed by atoms with E-state index in [4.69, 9.17) is 17.3 Å². The van der Waals surface area contributed by atoms with E-state index in [0.717, 1.165) is 24.3 Å². The van der Waals surface area contributed by atoms with Crippen molar-refractivity contribution >= 4 is 11.6 Å². The second-order valence-electron chi connectivity index (χ2n) is 4.16. The van der Waals surface area contributed by atoms with Crippen LogP contribution in [-0.4, -0.2) is 0 Å². The minimum Gasteiger partial charge on any atom is -0.321 e. The largest absolute Gasteiger partial charge is 0.321 e. The smallest absolute Gasteiger partial charge is 0.0412 e. The average Bonchev–Trinajstić information content (AvgIpc) is 2.14. The van der Waals surface area contributed by atoms with Crippen molar-refractivity contribution in [2.24, 2.45) is 5.73 Å². The fourth-order valence-corrected chi connectivity index (χ4v) is 2.32. The molecule has 0 unspecified atom stereocenters. The van der Waals surface area contributed by atoms with E-state index in [-0.39, 0.29) is 5.54 Å². The molecule has 1 saturated carbocycles. The Hall–Kier alpha value is -0.530. The predicted molar refractivity (Wildman–Crippen MR) is 60.5 cm³/mol. The summed E-state index contributed by atoms with van der Waals surface area (Å²) in [6.07, 6.45) is 4.47. The monoisotopic (exact) mass is 209 g/mol. The van der Waals surface area contributed by atoms with Crippen LogP contribution >= 0.6 is 11.6 Å². The maximum atomic E-state index is 6.31. The predicted octanol–water partition coefficient (Wildman–Crippen LogP) is 3.24. The molecular formula is C12H16ClN. The quantitative estimate of drug-likeness (QED) is 0.795. The van der Waals surface area contributed by atoms with Crippen LogP contribution in [0.2, 0.25) is 5.02 Å². The van der Waals surface area contributed by atoms with Gasteiger partial charge in [-0.05, 0) is 48.9 Å². The lowest BCUT2D eigenvalue weighted by molar-refractivity contribution is 0.252. The average molecular weight is 210 g/mol. The Morgan fingerprint density at radius 1 is 1.43 bits per heavy atom. The van der Waals surface area contributed by atoms with Gasteiger partial charge in [0, 0.05) is 10.6 Å². The Morgan fingerprint density at radius 3 is 2.64 bits per heavy atom. The lowest BCUT2D eigenvalue weighted by Crippen LogP contribution is -2.44. The Morgan fingerprint density at radius 2 is 2.14 bits per heavy atom. The van der Waals surface area contributed by atoms with Gasteiger partial charge in [-0.3, -0.25) is 0 Å². The van der Waals surface area contributed by atoms with Crippen molar-refractivity contribution in [2.75, 3.05) is 0 Å². The zero-order valence-corrected chi connectivity index (χ0v) is 9.27. The fraction of sp³-hybridized carbons (Fsp3) is 0.500. The maximum Gasteiger partial charge on any atom is 0.0412 e. The lowest BCUT2D eigenvalue weighted by atomic mass is 9.71. The van der Waals surface area contributed by atoms with Gasteiger partial charge in [0.1, 0.15) is 0 Å². The molecule has 2 N–H and O–H groups in total. The molecule has 0 amide bonds. The Kier molecular flexibility index (Phi) is 2.54. The summed E-state index contributed by atoms with van der Waals surface area (Å²) in [5.74, 6) is 0. The van der Waals surface area contributed by atoms with Crippen LogP contribution in [0.4, 0.5) is 0 Å². The molecule has 14 heavy (non-hydrogen) atoms. The van der Waals surface area contributed by atoms with Crippen molar-refractivity contribution < 1.29 is 0 Å². The summed E-state index contributed by atoms with van der Waals surface area (Å²) in [6, 6.07) is 6.09. The van der Waals surface area contributed by atoms with Crippen LogP contribution in [0.15, 0.2) is 18.2 Å².